The number of hydrogen-bond donors (Lipinski definition) is 1. The van der Waals surface area contributed by atoms with Gasteiger partial charge in [-0.05, 0) is 28.7 Å². The van der Waals surface area contributed by atoms with Crippen LogP contribution < -0.4 is 4.90 Å². The van der Waals surface area contributed by atoms with Crippen molar-refractivity contribution in [1.29, 1.82) is 5.26 Å². The van der Waals surface area contributed by atoms with Crippen molar-refractivity contribution in [3.8, 4) is 6.07 Å². The first kappa shape index (κ1) is 18.4. The first-order valence-corrected chi connectivity index (χ1v) is 9.07. The molecule has 1 amide bonds. The van der Waals surface area contributed by atoms with E-state index >= 15 is 0 Å². The van der Waals surface area contributed by atoms with Gasteiger partial charge in [-0.1, -0.05) is 42.5 Å². The number of carboxylic acids is 1. The van der Waals surface area contributed by atoms with Gasteiger partial charge in [0.15, 0.2) is 0 Å². The molecule has 0 fully saturated rings. The highest BCUT2D eigenvalue weighted by Gasteiger charge is 2.27. The summed E-state index contributed by atoms with van der Waals surface area (Å²) in [4.78, 5) is 28.4. The molecule has 2 unspecified atom stereocenters. The van der Waals surface area contributed by atoms with E-state index in [-0.39, 0.29) is 11.8 Å². The molecule has 6 heteroatoms. The van der Waals surface area contributed by atoms with Crippen molar-refractivity contribution in [2.24, 2.45) is 11.8 Å². The van der Waals surface area contributed by atoms with Gasteiger partial charge in [0.05, 0.1) is 12.0 Å². The maximum absolute atomic E-state index is 11.9. The summed E-state index contributed by atoms with van der Waals surface area (Å²) in [5.41, 5.74) is 3.35. The molecule has 2 aliphatic carbocycles. The van der Waals surface area contributed by atoms with Gasteiger partial charge in [-0.15, -0.1) is 0 Å². The molecule has 0 aliphatic heterocycles. The van der Waals surface area contributed by atoms with E-state index < -0.39 is 11.9 Å². The van der Waals surface area contributed by atoms with E-state index in [2.05, 4.69) is 11.1 Å². The van der Waals surface area contributed by atoms with Crippen molar-refractivity contribution in [2.75, 3.05) is 11.9 Å². The Morgan fingerprint density at radius 1 is 1.17 bits per heavy atom. The van der Waals surface area contributed by atoms with Gasteiger partial charge in [-0.3, -0.25) is 9.78 Å². The van der Waals surface area contributed by atoms with Gasteiger partial charge in [-0.25, -0.2) is 4.79 Å². The smallest absolute Gasteiger partial charge is 0.394 e. The Labute approximate surface area is 167 Å². The molecule has 2 aromatic rings. The molecule has 142 valence electrons. The van der Waals surface area contributed by atoms with Gasteiger partial charge in [0.2, 0.25) is 0 Å². The number of allylic oxidation sites excluding steroid dienone is 8. The maximum atomic E-state index is 11.9. The summed E-state index contributed by atoms with van der Waals surface area (Å²) in [5.74, 6) is -2.77. The summed E-state index contributed by atoms with van der Waals surface area (Å²) in [6, 6.07) is 7.64. The molecule has 0 saturated carbocycles. The number of carboxylic acid groups (broad SMARTS) is 1. The Bertz CT molecular complexity index is 1200. The lowest BCUT2D eigenvalue weighted by atomic mass is 9.76. The van der Waals surface area contributed by atoms with Crippen LogP contribution in [0.5, 0.6) is 0 Å². The van der Waals surface area contributed by atoms with Crippen LogP contribution in [0, 0.1) is 23.2 Å². The van der Waals surface area contributed by atoms with Crippen LogP contribution in [0.3, 0.4) is 0 Å². The second kappa shape index (κ2) is 7.21. The van der Waals surface area contributed by atoms with Crippen LogP contribution >= 0.6 is 0 Å². The molecule has 4 rings (SSSR count). The monoisotopic (exact) mass is 383 g/mol. The second-order valence-corrected chi connectivity index (χ2v) is 6.91. The van der Waals surface area contributed by atoms with Crippen LogP contribution in [0.15, 0.2) is 72.6 Å². The van der Waals surface area contributed by atoms with Crippen LogP contribution in [0.2, 0.25) is 0 Å². The van der Waals surface area contributed by atoms with Gasteiger partial charge >= 0.3 is 11.9 Å². The number of nitrogens with zero attached hydrogens (tertiary/aromatic N) is 3. The molecule has 1 aromatic heterocycles. The zero-order chi connectivity index (χ0) is 20.5. The van der Waals surface area contributed by atoms with E-state index in [0.29, 0.717) is 5.69 Å². The first-order valence-electron chi connectivity index (χ1n) is 9.07. The number of carbonyl (C=O) groups excluding carboxylic acids is 1. The molecule has 1 N–H and O–H groups in total. The first-order chi connectivity index (χ1) is 14.0. The van der Waals surface area contributed by atoms with Crippen molar-refractivity contribution in [1.82, 2.24) is 4.98 Å². The Kier molecular flexibility index (Phi) is 4.57. The number of hydrogen-bond acceptors (Lipinski definition) is 4. The third-order valence-corrected chi connectivity index (χ3v) is 5.29. The highest BCUT2D eigenvalue weighted by atomic mass is 16.4. The Balaban J connectivity index is 1.89. The Morgan fingerprint density at radius 3 is 2.76 bits per heavy atom. The van der Waals surface area contributed by atoms with Crippen molar-refractivity contribution in [3.63, 3.8) is 0 Å². The molecule has 0 spiro atoms. The van der Waals surface area contributed by atoms with E-state index in [1.807, 2.05) is 42.5 Å². The molecule has 29 heavy (non-hydrogen) atoms. The molecule has 2 aliphatic rings. The molecule has 1 aromatic carbocycles. The van der Waals surface area contributed by atoms with E-state index in [1.165, 1.54) is 7.05 Å². The summed E-state index contributed by atoms with van der Waals surface area (Å²) in [7, 11) is 1.43. The SMILES string of the molecule is CN(C(=O)C(=O)O)c1ccc2cncc(C3=C4C=CC=CC4C(C#N)C=C3)c2c1. The number of benzene rings is 1. The second-order valence-electron chi connectivity index (χ2n) is 6.91. The number of pyridine rings is 1. The zero-order valence-electron chi connectivity index (χ0n) is 15.6. The van der Waals surface area contributed by atoms with Crippen molar-refractivity contribution >= 4 is 33.9 Å². The third kappa shape index (κ3) is 3.13. The Morgan fingerprint density at radius 2 is 2.00 bits per heavy atom. The minimum absolute atomic E-state index is 0.0281. The predicted molar refractivity (Wildman–Crippen MR) is 110 cm³/mol. The quantitative estimate of drug-likeness (QED) is 0.801. The summed E-state index contributed by atoms with van der Waals surface area (Å²) in [6.45, 7) is 0. The molecule has 0 saturated heterocycles. The molecular weight excluding hydrogens is 366 g/mol. The molecule has 1 heterocycles. The fourth-order valence-electron chi connectivity index (χ4n) is 3.76. The average molecular weight is 383 g/mol. The molecule has 0 radical (unpaired) electrons. The van der Waals surface area contributed by atoms with E-state index in [4.69, 9.17) is 5.11 Å². The maximum Gasteiger partial charge on any atom is 0.394 e. The summed E-state index contributed by atoms with van der Waals surface area (Å²) in [5, 5.41) is 20.2. The topological polar surface area (TPSA) is 94.3 Å². The standard InChI is InChI=1S/C23H17N3O3/c1-26(22(27)23(28)29)16-8-6-15-12-25-13-21(20(15)10-16)19-9-7-14(11-24)17-4-2-3-5-18(17)19/h2-10,12-14,17H,1H3,(H,28,29). The highest BCUT2D eigenvalue weighted by Crippen LogP contribution is 2.40. The van der Waals surface area contributed by atoms with Gasteiger partial charge in [-0.2, -0.15) is 5.26 Å². The highest BCUT2D eigenvalue weighted by molar-refractivity contribution is 6.37. The summed E-state index contributed by atoms with van der Waals surface area (Å²) < 4.78 is 0. The zero-order valence-corrected chi connectivity index (χ0v) is 15.6. The van der Waals surface area contributed by atoms with Gasteiger partial charge in [0.1, 0.15) is 0 Å². The van der Waals surface area contributed by atoms with Crippen LogP contribution in [0.1, 0.15) is 5.56 Å². The lowest BCUT2D eigenvalue weighted by Crippen LogP contribution is -2.32. The molecular formula is C23H17N3O3. The number of aliphatic carboxylic acids is 1. The van der Waals surface area contributed by atoms with E-state index in [1.54, 1.807) is 24.5 Å². The lowest BCUT2D eigenvalue weighted by molar-refractivity contribution is -0.148. The number of rotatable bonds is 2. The van der Waals surface area contributed by atoms with Crippen LogP contribution in [0.25, 0.3) is 16.3 Å². The van der Waals surface area contributed by atoms with Gasteiger partial charge in [0.25, 0.3) is 0 Å². The van der Waals surface area contributed by atoms with Crippen molar-refractivity contribution in [2.45, 2.75) is 0 Å². The average Bonchev–Trinajstić information content (AvgIpc) is 2.76. The fraction of sp³-hybridized carbons (Fsp3) is 0.130. The van der Waals surface area contributed by atoms with E-state index in [9.17, 15) is 14.9 Å². The fourth-order valence-corrected chi connectivity index (χ4v) is 3.76. The minimum atomic E-state index is -1.51. The third-order valence-electron chi connectivity index (χ3n) is 5.29. The van der Waals surface area contributed by atoms with Gasteiger partial charge in [0, 0.05) is 42.0 Å². The minimum Gasteiger partial charge on any atom is -0.474 e. The molecule has 6 nitrogen and oxygen atoms in total. The van der Waals surface area contributed by atoms with Crippen molar-refractivity contribution in [3.05, 3.63) is 78.2 Å². The van der Waals surface area contributed by atoms with E-state index in [0.717, 1.165) is 32.4 Å². The number of carbonyl (C=O) groups is 2. The number of fused-ring (bicyclic) bond motifs is 2. The molecule has 0 bridgehead atoms. The molecule has 2 atom stereocenters. The summed E-state index contributed by atoms with van der Waals surface area (Å²) in [6.07, 6.45) is 15.3. The summed E-state index contributed by atoms with van der Waals surface area (Å²) >= 11 is 0. The number of nitriles is 1. The number of aromatic nitrogens is 1. The largest absolute Gasteiger partial charge is 0.474 e. The van der Waals surface area contributed by atoms with Crippen LogP contribution in [0.4, 0.5) is 5.69 Å². The Hall–Kier alpha value is -3.98. The lowest BCUT2D eigenvalue weighted by Gasteiger charge is -2.27. The predicted octanol–water partition coefficient (Wildman–Crippen LogP) is 3.49. The number of likely N-dealkylation sites (N-methyl/N-ethyl adjacent to an activating group) is 1. The van der Waals surface area contributed by atoms with Crippen LogP contribution in [-0.2, 0) is 9.59 Å². The van der Waals surface area contributed by atoms with Gasteiger partial charge < -0.3 is 10.0 Å². The normalized spacial score (nSPS) is 19.7. The number of anilines is 1. The number of amides is 1. The van der Waals surface area contributed by atoms with Crippen LogP contribution in [-0.4, -0.2) is 29.0 Å². The van der Waals surface area contributed by atoms with Crippen molar-refractivity contribution < 1.29 is 14.7 Å².